The number of anilines is 1. The van der Waals surface area contributed by atoms with Gasteiger partial charge in [0.05, 0.1) is 10.6 Å². The van der Waals surface area contributed by atoms with Gasteiger partial charge in [0.1, 0.15) is 12.6 Å². The Morgan fingerprint density at radius 1 is 0.872 bits per heavy atom. The highest BCUT2D eigenvalue weighted by molar-refractivity contribution is 7.92. The second kappa shape index (κ2) is 13.4. The molecule has 208 valence electrons. The molecule has 3 rings (SSSR count). The minimum atomic E-state index is -4.06. The van der Waals surface area contributed by atoms with Crippen LogP contribution in [0.3, 0.4) is 0 Å². The van der Waals surface area contributed by atoms with Crippen LogP contribution in [0.5, 0.6) is 0 Å². The zero-order valence-electron chi connectivity index (χ0n) is 23.4. The molecule has 0 saturated carbocycles. The molecule has 0 saturated heterocycles. The molecule has 3 aromatic rings. The second-order valence-electron chi connectivity index (χ2n) is 9.91. The third-order valence-electron chi connectivity index (χ3n) is 7.04. The number of nitrogens with one attached hydrogen (secondary N) is 1. The zero-order chi connectivity index (χ0) is 28.6. The van der Waals surface area contributed by atoms with Crippen LogP contribution >= 0.6 is 0 Å². The number of rotatable bonds is 12. The lowest BCUT2D eigenvalue weighted by Crippen LogP contribution is -2.53. The highest BCUT2D eigenvalue weighted by Crippen LogP contribution is 2.26. The predicted octanol–water partition coefficient (Wildman–Crippen LogP) is 4.87. The average Bonchev–Trinajstić information content (AvgIpc) is 2.94. The molecular formula is C31H39N3O4S. The Morgan fingerprint density at radius 2 is 1.49 bits per heavy atom. The van der Waals surface area contributed by atoms with Crippen molar-refractivity contribution < 1.29 is 18.0 Å². The first-order valence-electron chi connectivity index (χ1n) is 13.3. The highest BCUT2D eigenvalue weighted by atomic mass is 32.2. The summed E-state index contributed by atoms with van der Waals surface area (Å²) in [4.78, 5) is 28.6. The summed E-state index contributed by atoms with van der Waals surface area (Å²) in [5.41, 5.74) is 3.35. The van der Waals surface area contributed by atoms with Crippen molar-refractivity contribution in [2.24, 2.45) is 0 Å². The van der Waals surface area contributed by atoms with E-state index in [0.717, 1.165) is 27.4 Å². The Morgan fingerprint density at radius 3 is 2.08 bits per heavy atom. The molecule has 3 aromatic carbocycles. The van der Waals surface area contributed by atoms with Crippen LogP contribution in [0.2, 0.25) is 0 Å². The normalized spacial score (nSPS) is 12.8. The van der Waals surface area contributed by atoms with Crippen LogP contribution in [-0.2, 0) is 26.0 Å². The van der Waals surface area contributed by atoms with Gasteiger partial charge in [0.2, 0.25) is 11.8 Å². The lowest BCUT2D eigenvalue weighted by molar-refractivity contribution is -0.139. The van der Waals surface area contributed by atoms with E-state index >= 15 is 0 Å². The van der Waals surface area contributed by atoms with Crippen LogP contribution in [0.1, 0.15) is 43.9 Å². The van der Waals surface area contributed by atoms with E-state index < -0.39 is 28.5 Å². The van der Waals surface area contributed by atoms with E-state index in [2.05, 4.69) is 5.32 Å². The molecule has 0 spiro atoms. The summed E-state index contributed by atoms with van der Waals surface area (Å²) >= 11 is 0. The Hall–Kier alpha value is -3.65. The highest BCUT2D eigenvalue weighted by Gasteiger charge is 2.32. The maximum absolute atomic E-state index is 13.9. The van der Waals surface area contributed by atoms with Crippen LogP contribution in [0.4, 0.5) is 5.69 Å². The molecule has 0 aliphatic carbocycles. The monoisotopic (exact) mass is 549 g/mol. The van der Waals surface area contributed by atoms with Gasteiger partial charge < -0.3 is 10.2 Å². The van der Waals surface area contributed by atoms with E-state index in [-0.39, 0.29) is 23.4 Å². The van der Waals surface area contributed by atoms with Gasteiger partial charge in [-0.3, -0.25) is 13.9 Å². The molecule has 1 N–H and O–H groups in total. The van der Waals surface area contributed by atoms with Crippen LogP contribution in [0.25, 0.3) is 0 Å². The Labute approximate surface area is 232 Å². The molecule has 0 bridgehead atoms. The summed E-state index contributed by atoms with van der Waals surface area (Å²) in [5, 5.41) is 2.95. The Balaban J connectivity index is 1.98. The lowest BCUT2D eigenvalue weighted by Gasteiger charge is -2.32. The topological polar surface area (TPSA) is 86.8 Å². The number of benzene rings is 3. The van der Waals surface area contributed by atoms with Gasteiger partial charge in [-0.05, 0) is 81.5 Å². The molecule has 7 nitrogen and oxygen atoms in total. The van der Waals surface area contributed by atoms with Crippen molar-refractivity contribution in [1.29, 1.82) is 0 Å². The first kappa shape index (κ1) is 29.9. The number of sulfonamides is 1. The molecule has 39 heavy (non-hydrogen) atoms. The SMILES string of the molecule is CC[C@@H](C)NC(=O)[C@@H](C)N(CCc1ccccc1)C(=O)CN(c1ccc(C)c(C)c1)S(=O)(=O)c1ccccc1. The molecule has 0 unspecified atom stereocenters. The molecule has 0 radical (unpaired) electrons. The summed E-state index contributed by atoms with van der Waals surface area (Å²) < 4.78 is 28.8. The van der Waals surface area contributed by atoms with Crippen molar-refractivity contribution in [1.82, 2.24) is 10.2 Å². The molecule has 0 fully saturated rings. The Kier molecular flexibility index (Phi) is 10.3. The Bertz CT molecular complexity index is 1360. The largest absolute Gasteiger partial charge is 0.352 e. The maximum atomic E-state index is 13.9. The quantitative estimate of drug-likeness (QED) is 0.349. The fourth-order valence-corrected chi connectivity index (χ4v) is 5.59. The number of hydrogen-bond donors (Lipinski definition) is 1. The first-order valence-corrected chi connectivity index (χ1v) is 14.8. The second-order valence-corrected chi connectivity index (χ2v) is 11.8. The fourth-order valence-electron chi connectivity index (χ4n) is 4.16. The molecule has 0 aromatic heterocycles. The zero-order valence-corrected chi connectivity index (χ0v) is 24.2. The van der Waals surface area contributed by atoms with Gasteiger partial charge in [-0.2, -0.15) is 0 Å². The predicted molar refractivity (Wildman–Crippen MR) is 156 cm³/mol. The number of amides is 2. The van der Waals surface area contributed by atoms with Crippen molar-refractivity contribution in [2.75, 3.05) is 17.4 Å². The lowest BCUT2D eigenvalue weighted by atomic mass is 10.1. The van der Waals surface area contributed by atoms with E-state index in [1.54, 1.807) is 37.3 Å². The van der Waals surface area contributed by atoms with Crippen LogP contribution in [0, 0.1) is 13.8 Å². The van der Waals surface area contributed by atoms with Gasteiger partial charge in [0, 0.05) is 12.6 Å². The van der Waals surface area contributed by atoms with Crippen molar-refractivity contribution in [3.8, 4) is 0 Å². The van der Waals surface area contributed by atoms with Crippen LogP contribution in [-0.4, -0.2) is 50.3 Å². The van der Waals surface area contributed by atoms with E-state index in [1.807, 2.05) is 64.1 Å². The first-order chi connectivity index (χ1) is 18.5. The number of nitrogens with zero attached hydrogens (tertiary/aromatic N) is 2. The maximum Gasteiger partial charge on any atom is 0.264 e. The smallest absolute Gasteiger partial charge is 0.264 e. The van der Waals surface area contributed by atoms with Crippen molar-refractivity contribution >= 4 is 27.5 Å². The van der Waals surface area contributed by atoms with Crippen molar-refractivity contribution in [3.05, 3.63) is 95.6 Å². The fraction of sp³-hybridized carbons (Fsp3) is 0.355. The van der Waals surface area contributed by atoms with E-state index in [9.17, 15) is 18.0 Å². The van der Waals surface area contributed by atoms with Gasteiger partial charge in [-0.1, -0.05) is 61.5 Å². The number of carbonyl (C=O) groups is 2. The minimum absolute atomic E-state index is 0.0449. The van der Waals surface area contributed by atoms with Crippen molar-refractivity contribution in [3.63, 3.8) is 0 Å². The molecule has 0 heterocycles. The van der Waals surface area contributed by atoms with Gasteiger partial charge in [0.15, 0.2) is 0 Å². The number of carbonyl (C=O) groups excluding carboxylic acids is 2. The van der Waals surface area contributed by atoms with E-state index in [1.165, 1.54) is 17.0 Å². The average molecular weight is 550 g/mol. The van der Waals surface area contributed by atoms with Crippen LogP contribution < -0.4 is 9.62 Å². The molecule has 0 aliphatic rings. The standard InChI is InChI=1S/C31H39N3O4S/c1-6-25(4)32-31(36)26(5)33(20-19-27-13-9-7-10-14-27)30(35)22-34(28-18-17-23(2)24(3)21-28)39(37,38)29-15-11-8-12-16-29/h7-18,21,25-26H,6,19-20,22H2,1-5H3,(H,32,36)/t25-,26-/m1/s1. The molecule has 0 aliphatic heterocycles. The molecule has 2 amide bonds. The van der Waals surface area contributed by atoms with Gasteiger partial charge >= 0.3 is 0 Å². The summed E-state index contributed by atoms with van der Waals surface area (Å²) in [7, 11) is -4.06. The minimum Gasteiger partial charge on any atom is -0.352 e. The summed E-state index contributed by atoms with van der Waals surface area (Å²) in [6.07, 6.45) is 1.29. The van der Waals surface area contributed by atoms with Gasteiger partial charge in [0.25, 0.3) is 10.0 Å². The van der Waals surface area contributed by atoms with Crippen LogP contribution in [0.15, 0.2) is 83.8 Å². The summed E-state index contributed by atoms with van der Waals surface area (Å²) in [6.45, 7) is 9.26. The third-order valence-corrected chi connectivity index (χ3v) is 8.83. The molecule has 8 heteroatoms. The van der Waals surface area contributed by atoms with Gasteiger partial charge in [-0.25, -0.2) is 8.42 Å². The van der Waals surface area contributed by atoms with E-state index in [0.29, 0.717) is 12.1 Å². The van der Waals surface area contributed by atoms with Gasteiger partial charge in [-0.15, -0.1) is 0 Å². The number of hydrogen-bond acceptors (Lipinski definition) is 4. The summed E-state index contributed by atoms with van der Waals surface area (Å²) in [5.74, 6) is -0.718. The molecule has 2 atom stereocenters. The molecular weight excluding hydrogens is 510 g/mol. The number of aryl methyl sites for hydroxylation is 2. The summed E-state index contributed by atoms with van der Waals surface area (Å²) in [6, 6.07) is 22.3. The van der Waals surface area contributed by atoms with E-state index in [4.69, 9.17) is 0 Å². The van der Waals surface area contributed by atoms with Crippen molar-refractivity contribution in [2.45, 2.75) is 64.4 Å². The third kappa shape index (κ3) is 7.69.